The first-order valence-corrected chi connectivity index (χ1v) is 8.03. The SMILES string of the molecule is O=C(c1ccc(F)c(F)c1F)N1CCN(c2cccc(C(F)(F)F)c2)CC1. The van der Waals surface area contributed by atoms with Crippen LogP contribution in [0.2, 0.25) is 0 Å². The van der Waals surface area contributed by atoms with Crippen LogP contribution in [0.15, 0.2) is 36.4 Å². The van der Waals surface area contributed by atoms with Gasteiger partial charge >= 0.3 is 6.18 Å². The van der Waals surface area contributed by atoms with E-state index in [0.717, 1.165) is 18.2 Å². The van der Waals surface area contributed by atoms with Gasteiger partial charge in [-0.2, -0.15) is 13.2 Å². The molecular weight excluding hydrogens is 374 g/mol. The number of hydrogen-bond donors (Lipinski definition) is 0. The van der Waals surface area contributed by atoms with E-state index in [-0.39, 0.29) is 26.2 Å². The summed E-state index contributed by atoms with van der Waals surface area (Å²) in [6, 6.07) is 6.36. The van der Waals surface area contributed by atoms with Crippen LogP contribution in [0.3, 0.4) is 0 Å². The highest BCUT2D eigenvalue weighted by Gasteiger charge is 2.31. The molecule has 0 unspecified atom stereocenters. The predicted octanol–water partition coefficient (Wildman–Crippen LogP) is 4.09. The average Bonchev–Trinajstić information content (AvgIpc) is 2.65. The zero-order valence-electron chi connectivity index (χ0n) is 13.9. The molecule has 2 aromatic carbocycles. The molecule has 1 fully saturated rings. The summed E-state index contributed by atoms with van der Waals surface area (Å²) in [4.78, 5) is 15.3. The van der Waals surface area contributed by atoms with Crippen LogP contribution >= 0.6 is 0 Å². The second-order valence-electron chi connectivity index (χ2n) is 6.05. The number of halogens is 6. The van der Waals surface area contributed by atoms with Gasteiger partial charge in [0.05, 0.1) is 11.1 Å². The predicted molar refractivity (Wildman–Crippen MR) is 85.9 cm³/mol. The van der Waals surface area contributed by atoms with Gasteiger partial charge in [0.25, 0.3) is 5.91 Å². The number of hydrogen-bond acceptors (Lipinski definition) is 2. The highest BCUT2D eigenvalue weighted by atomic mass is 19.4. The van der Waals surface area contributed by atoms with Gasteiger partial charge in [0.2, 0.25) is 0 Å². The Balaban J connectivity index is 1.71. The van der Waals surface area contributed by atoms with Crippen LogP contribution in [0.1, 0.15) is 15.9 Å². The molecule has 1 aliphatic heterocycles. The van der Waals surface area contributed by atoms with Crippen molar-refractivity contribution >= 4 is 11.6 Å². The number of alkyl halides is 3. The van der Waals surface area contributed by atoms with Crippen LogP contribution in [0, 0.1) is 17.5 Å². The largest absolute Gasteiger partial charge is 0.416 e. The number of piperazine rings is 1. The molecule has 0 bridgehead atoms. The van der Waals surface area contributed by atoms with Crippen molar-refractivity contribution in [3.8, 4) is 0 Å². The number of amides is 1. The Morgan fingerprint density at radius 3 is 2.19 bits per heavy atom. The third kappa shape index (κ3) is 3.86. The first-order valence-electron chi connectivity index (χ1n) is 8.03. The third-order valence-corrected chi connectivity index (χ3v) is 4.37. The lowest BCUT2D eigenvalue weighted by Gasteiger charge is -2.36. The molecular formula is C18H14F6N2O. The zero-order chi connectivity index (χ0) is 19.8. The second-order valence-corrected chi connectivity index (χ2v) is 6.05. The van der Waals surface area contributed by atoms with Crippen molar-refractivity contribution in [1.29, 1.82) is 0 Å². The van der Waals surface area contributed by atoms with Crippen molar-refractivity contribution < 1.29 is 31.1 Å². The van der Waals surface area contributed by atoms with Gasteiger partial charge in [-0.25, -0.2) is 13.2 Å². The summed E-state index contributed by atoms with van der Waals surface area (Å²) < 4.78 is 78.6. The van der Waals surface area contributed by atoms with Gasteiger partial charge in [0.1, 0.15) is 0 Å². The van der Waals surface area contributed by atoms with Crippen LogP contribution in [-0.4, -0.2) is 37.0 Å². The van der Waals surface area contributed by atoms with Crippen molar-refractivity contribution in [1.82, 2.24) is 4.90 Å². The lowest BCUT2D eigenvalue weighted by Crippen LogP contribution is -2.49. The Hall–Kier alpha value is -2.71. The quantitative estimate of drug-likeness (QED) is 0.572. The number of benzene rings is 2. The molecule has 3 rings (SSSR count). The molecule has 9 heteroatoms. The van der Waals surface area contributed by atoms with E-state index in [9.17, 15) is 31.1 Å². The molecule has 0 atom stereocenters. The summed E-state index contributed by atoms with van der Waals surface area (Å²) >= 11 is 0. The summed E-state index contributed by atoms with van der Waals surface area (Å²) in [5.74, 6) is -5.46. The molecule has 2 aromatic rings. The van der Waals surface area contributed by atoms with Gasteiger partial charge in [-0.05, 0) is 30.3 Å². The minimum Gasteiger partial charge on any atom is -0.368 e. The molecule has 27 heavy (non-hydrogen) atoms. The molecule has 1 aliphatic rings. The highest BCUT2D eigenvalue weighted by molar-refractivity contribution is 5.94. The van der Waals surface area contributed by atoms with Crippen molar-refractivity contribution in [3.63, 3.8) is 0 Å². The summed E-state index contributed by atoms with van der Waals surface area (Å²) in [5, 5.41) is 0. The molecule has 0 radical (unpaired) electrons. The van der Waals surface area contributed by atoms with E-state index in [1.807, 2.05) is 0 Å². The first-order chi connectivity index (χ1) is 12.7. The molecule has 1 heterocycles. The van der Waals surface area contributed by atoms with Gasteiger partial charge in [0.15, 0.2) is 17.5 Å². The fraction of sp³-hybridized carbons (Fsp3) is 0.278. The van der Waals surface area contributed by atoms with Gasteiger partial charge in [-0.15, -0.1) is 0 Å². The lowest BCUT2D eigenvalue weighted by molar-refractivity contribution is -0.137. The smallest absolute Gasteiger partial charge is 0.368 e. The fourth-order valence-electron chi connectivity index (χ4n) is 2.91. The van der Waals surface area contributed by atoms with E-state index in [0.29, 0.717) is 11.8 Å². The number of carbonyl (C=O) groups is 1. The first kappa shape index (κ1) is 19.1. The van der Waals surface area contributed by atoms with Crippen molar-refractivity contribution in [2.75, 3.05) is 31.1 Å². The van der Waals surface area contributed by atoms with Crippen molar-refractivity contribution in [2.45, 2.75) is 6.18 Å². The van der Waals surface area contributed by atoms with Gasteiger partial charge in [-0.1, -0.05) is 6.07 Å². The van der Waals surface area contributed by atoms with Crippen LogP contribution in [0.4, 0.5) is 32.0 Å². The van der Waals surface area contributed by atoms with Gasteiger partial charge < -0.3 is 9.80 Å². The maximum absolute atomic E-state index is 13.8. The van der Waals surface area contributed by atoms with Crippen LogP contribution in [-0.2, 0) is 6.18 Å². The Morgan fingerprint density at radius 1 is 0.889 bits per heavy atom. The number of anilines is 1. The topological polar surface area (TPSA) is 23.6 Å². The van der Waals surface area contributed by atoms with Crippen LogP contribution in [0.25, 0.3) is 0 Å². The fourth-order valence-corrected chi connectivity index (χ4v) is 2.91. The minimum absolute atomic E-state index is 0.105. The monoisotopic (exact) mass is 388 g/mol. The summed E-state index contributed by atoms with van der Waals surface area (Å²) in [5.41, 5.74) is -1.00. The molecule has 1 amide bonds. The zero-order valence-corrected chi connectivity index (χ0v) is 13.9. The molecule has 0 aliphatic carbocycles. The molecule has 0 aromatic heterocycles. The second kappa shape index (κ2) is 7.13. The van der Waals surface area contributed by atoms with E-state index >= 15 is 0 Å². The summed E-state index contributed by atoms with van der Waals surface area (Å²) in [6.45, 7) is 0.651. The Labute approximate surface area is 150 Å². The van der Waals surface area contributed by atoms with E-state index in [4.69, 9.17) is 0 Å². The number of rotatable bonds is 2. The Bertz CT molecular complexity index is 859. The Kier molecular flexibility index (Phi) is 5.03. The maximum atomic E-state index is 13.8. The van der Waals surface area contributed by atoms with E-state index < -0.39 is 40.7 Å². The van der Waals surface area contributed by atoms with Crippen molar-refractivity contribution in [3.05, 3.63) is 65.0 Å². The molecule has 0 N–H and O–H groups in total. The van der Waals surface area contributed by atoms with E-state index in [2.05, 4.69) is 0 Å². The van der Waals surface area contributed by atoms with Gasteiger partial charge in [0, 0.05) is 31.9 Å². The van der Waals surface area contributed by atoms with Crippen LogP contribution < -0.4 is 4.90 Å². The number of carbonyl (C=O) groups excluding carboxylic acids is 1. The van der Waals surface area contributed by atoms with Crippen LogP contribution in [0.5, 0.6) is 0 Å². The lowest BCUT2D eigenvalue weighted by atomic mass is 10.1. The third-order valence-electron chi connectivity index (χ3n) is 4.37. The standard InChI is InChI=1S/C18H14F6N2O/c19-14-5-4-13(15(20)16(14)21)17(27)26-8-6-25(7-9-26)12-3-1-2-11(10-12)18(22,23)24/h1-5,10H,6-9H2. The molecule has 0 spiro atoms. The summed E-state index contributed by atoms with van der Waals surface area (Å²) in [6.07, 6.45) is -4.46. The van der Waals surface area contributed by atoms with Crippen molar-refractivity contribution in [2.24, 2.45) is 0 Å². The number of nitrogens with zero attached hydrogens (tertiary/aromatic N) is 2. The normalized spacial score (nSPS) is 15.2. The van der Waals surface area contributed by atoms with E-state index in [1.54, 1.807) is 4.90 Å². The molecule has 144 valence electrons. The highest BCUT2D eigenvalue weighted by Crippen LogP contribution is 2.32. The minimum atomic E-state index is -4.46. The molecule has 1 saturated heterocycles. The van der Waals surface area contributed by atoms with E-state index in [1.165, 1.54) is 17.0 Å². The maximum Gasteiger partial charge on any atom is 0.416 e. The Morgan fingerprint density at radius 2 is 1.56 bits per heavy atom. The molecule has 0 saturated carbocycles. The summed E-state index contributed by atoms with van der Waals surface area (Å²) in [7, 11) is 0. The van der Waals surface area contributed by atoms with Gasteiger partial charge in [-0.3, -0.25) is 4.79 Å². The average molecular weight is 388 g/mol. The molecule has 3 nitrogen and oxygen atoms in total.